The minimum atomic E-state index is 0. The van der Waals surface area contributed by atoms with Crippen LogP contribution in [-0.4, -0.2) is 41.3 Å². The fraction of sp³-hybridized carbons (Fsp3) is 0.857. The van der Waals surface area contributed by atoms with Crippen molar-refractivity contribution < 1.29 is 9.08 Å². The van der Waals surface area contributed by atoms with Crippen molar-refractivity contribution in [2.45, 2.75) is 19.4 Å². The molecule has 84 valence electrons. The molecular weight excluding hydrogens is 222 g/mol. The molecule has 0 bridgehead atoms. The van der Waals surface area contributed by atoms with E-state index in [1.54, 1.807) is 6.92 Å². The number of likely N-dealkylation sites (N-methyl/N-ethyl adjacent to an activating group) is 1. The van der Waals surface area contributed by atoms with Crippen LogP contribution in [-0.2, 0) is 9.08 Å². The highest BCUT2D eigenvalue weighted by Gasteiger charge is 2.27. The lowest BCUT2D eigenvalue weighted by Gasteiger charge is -2.20. The third-order valence-electron chi connectivity index (χ3n) is 2.28. The van der Waals surface area contributed by atoms with E-state index in [1.165, 1.54) is 0 Å². The molecule has 1 amide bonds. The van der Waals surface area contributed by atoms with Crippen LogP contribution in [0.2, 0.25) is 0 Å². The molecule has 2 N–H and O–H groups in total. The van der Waals surface area contributed by atoms with Gasteiger partial charge in [0.1, 0.15) is 12.2 Å². The number of hydrogen-bond donors (Lipinski definition) is 1. The van der Waals surface area contributed by atoms with Crippen LogP contribution >= 0.6 is 25.7 Å². The van der Waals surface area contributed by atoms with E-state index in [4.69, 9.17) is 5.90 Å². The van der Waals surface area contributed by atoms with Crippen molar-refractivity contribution in [3.63, 3.8) is 0 Å². The quantitative estimate of drug-likeness (QED) is 0.430. The topological polar surface area (TPSA) is 58.8 Å². The van der Waals surface area contributed by atoms with Crippen LogP contribution in [0, 0.1) is 0 Å². The van der Waals surface area contributed by atoms with Gasteiger partial charge in [0.15, 0.2) is 0 Å². The zero-order chi connectivity index (χ0) is 9.84. The standard InChI is InChI=1S/C7H15N3O2S.H2S/c1-6(11)10-4-3-7(5-10)9(2)13-12-8;/h7H,3-5,8H2,1-2H3;1H2. The molecule has 1 rings (SSSR count). The van der Waals surface area contributed by atoms with E-state index >= 15 is 0 Å². The maximum absolute atomic E-state index is 11.0. The summed E-state index contributed by atoms with van der Waals surface area (Å²) in [7, 11) is 1.91. The van der Waals surface area contributed by atoms with Crippen LogP contribution in [0.1, 0.15) is 13.3 Å². The Kier molecular flexibility index (Phi) is 6.54. The highest BCUT2D eigenvalue weighted by Crippen LogP contribution is 2.19. The van der Waals surface area contributed by atoms with Crippen LogP contribution in [0.4, 0.5) is 0 Å². The Morgan fingerprint density at radius 1 is 1.71 bits per heavy atom. The number of likely N-dealkylation sites (tertiary alicyclic amines) is 1. The summed E-state index contributed by atoms with van der Waals surface area (Å²) in [6.45, 7) is 3.19. The summed E-state index contributed by atoms with van der Waals surface area (Å²) in [5.74, 6) is 5.07. The van der Waals surface area contributed by atoms with Gasteiger partial charge in [-0.15, -0.1) is 0 Å². The van der Waals surface area contributed by atoms with Crippen molar-refractivity contribution in [3.8, 4) is 0 Å². The molecule has 5 nitrogen and oxygen atoms in total. The average molecular weight is 239 g/mol. The van der Waals surface area contributed by atoms with Crippen molar-refractivity contribution in [2.24, 2.45) is 5.90 Å². The number of carbonyl (C=O) groups is 1. The predicted molar refractivity (Wildman–Crippen MR) is 61.7 cm³/mol. The first kappa shape index (κ1) is 14.1. The zero-order valence-corrected chi connectivity index (χ0v) is 10.2. The summed E-state index contributed by atoms with van der Waals surface area (Å²) in [4.78, 5) is 12.8. The van der Waals surface area contributed by atoms with Gasteiger partial charge in [0, 0.05) is 33.1 Å². The molecule has 0 aromatic heterocycles. The van der Waals surface area contributed by atoms with E-state index in [9.17, 15) is 4.79 Å². The van der Waals surface area contributed by atoms with E-state index in [0.29, 0.717) is 6.04 Å². The van der Waals surface area contributed by atoms with Gasteiger partial charge in [0.05, 0.1) is 0 Å². The van der Waals surface area contributed by atoms with Gasteiger partial charge in [-0.05, 0) is 6.42 Å². The molecular formula is C7H17N3O2S2. The third-order valence-corrected chi connectivity index (χ3v) is 2.90. The minimum Gasteiger partial charge on any atom is -0.341 e. The van der Waals surface area contributed by atoms with Gasteiger partial charge in [-0.1, -0.05) is 0 Å². The molecule has 1 unspecified atom stereocenters. The molecule has 0 radical (unpaired) electrons. The Morgan fingerprint density at radius 2 is 2.36 bits per heavy atom. The van der Waals surface area contributed by atoms with Gasteiger partial charge in [-0.3, -0.25) is 4.79 Å². The molecule has 0 saturated carbocycles. The number of rotatable bonds is 3. The van der Waals surface area contributed by atoms with E-state index in [1.807, 2.05) is 16.3 Å². The fourth-order valence-corrected chi connectivity index (χ4v) is 1.88. The maximum Gasteiger partial charge on any atom is 0.219 e. The van der Waals surface area contributed by atoms with Gasteiger partial charge in [0.2, 0.25) is 5.91 Å². The van der Waals surface area contributed by atoms with Crippen molar-refractivity contribution in [1.82, 2.24) is 9.21 Å². The number of carbonyl (C=O) groups excluding carboxylic acids is 1. The molecule has 1 atom stereocenters. The maximum atomic E-state index is 11.0. The summed E-state index contributed by atoms with van der Waals surface area (Å²) >= 11 is 1.12. The van der Waals surface area contributed by atoms with Gasteiger partial charge in [-0.25, -0.2) is 14.5 Å². The average Bonchev–Trinajstić information content (AvgIpc) is 2.52. The Bertz CT molecular complexity index is 194. The first-order valence-corrected chi connectivity index (χ1v) is 4.87. The Morgan fingerprint density at radius 3 is 2.79 bits per heavy atom. The summed E-state index contributed by atoms with van der Waals surface area (Å²) in [5, 5.41) is 0. The second kappa shape index (κ2) is 6.52. The van der Waals surface area contributed by atoms with Crippen LogP contribution in [0.3, 0.4) is 0 Å². The zero-order valence-electron chi connectivity index (χ0n) is 8.40. The number of nitrogens with zero attached hydrogens (tertiary/aromatic N) is 2. The molecule has 0 spiro atoms. The Hall–Kier alpha value is 0.0500. The lowest BCUT2D eigenvalue weighted by Crippen LogP contribution is -2.32. The second-order valence-electron chi connectivity index (χ2n) is 3.12. The minimum absolute atomic E-state index is 0. The molecule has 0 aromatic rings. The first-order chi connectivity index (χ1) is 6.15. The fourth-order valence-electron chi connectivity index (χ4n) is 1.45. The molecule has 14 heavy (non-hydrogen) atoms. The molecule has 1 fully saturated rings. The number of nitrogens with two attached hydrogens (primary N) is 1. The van der Waals surface area contributed by atoms with Crippen molar-refractivity contribution in [2.75, 3.05) is 20.1 Å². The number of hydrogen-bond acceptors (Lipinski definition) is 5. The largest absolute Gasteiger partial charge is 0.341 e. The van der Waals surface area contributed by atoms with Gasteiger partial charge >= 0.3 is 0 Å². The summed E-state index contributed by atoms with van der Waals surface area (Å²) < 4.78 is 6.38. The van der Waals surface area contributed by atoms with Crippen LogP contribution < -0.4 is 5.90 Å². The van der Waals surface area contributed by atoms with Crippen molar-refractivity contribution in [3.05, 3.63) is 0 Å². The van der Waals surface area contributed by atoms with Crippen molar-refractivity contribution >= 4 is 31.6 Å². The second-order valence-corrected chi connectivity index (χ2v) is 4.04. The molecule has 0 aromatic carbocycles. The SMILES string of the molecule is CC(=O)N1CCC(N(C)SON)C1.S. The summed E-state index contributed by atoms with van der Waals surface area (Å²) in [6, 6.07) is 0.345. The van der Waals surface area contributed by atoms with Crippen LogP contribution in [0.25, 0.3) is 0 Å². The Labute approximate surface area is 95.7 Å². The molecule has 1 aliphatic rings. The van der Waals surface area contributed by atoms with Gasteiger partial charge in [0.25, 0.3) is 0 Å². The molecule has 1 aliphatic heterocycles. The highest BCUT2D eigenvalue weighted by atomic mass is 32.2. The smallest absolute Gasteiger partial charge is 0.219 e. The monoisotopic (exact) mass is 239 g/mol. The third kappa shape index (κ3) is 3.66. The van der Waals surface area contributed by atoms with Crippen LogP contribution in [0.15, 0.2) is 0 Å². The molecule has 1 saturated heterocycles. The molecule has 7 heteroatoms. The van der Waals surface area contributed by atoms with E-state index in [0.717, 1.165) is 31.7 Å². The predicted octanol–water partition coefficient (Wildman–Crippen LogP) is 0.105. The lowest BCUT2D eigenvalue weighted by atomic mass is 10.3. The normalized spacial score (nSPS) is 21.1. The van der Waals surface area contributed by atoms with Gasteiger partial charge < -0.3 is 4.90 Å². The van der Waals surface area contributed by atoms with E-state index < -0.39 is 0 Å². The highest BCUT2D eigenvalue weighted by molar-refractivity contribution is 7.92. The van der Waals surface area contributed by atoms with E-state index in [2.05, 4.69) is 4.28 Å². The summed E-state index contributed by atoms with van der Waals surface area (Å²) in [5.41, 5.74) is 0. The Balaban J connectivity index is 0.00000169. The number of amides is 1. The van der Waals surface area contributed by atoms with Gasteiger partial charge in [-0.2, -0.15) is 13.5 Å². The molecule has 1 heterocycles. The lowest BCUT2D eigenvalue weighted by molar-refractivity contribution is -0.127. The van der Waals surface area contributed by atoms with Crippen molar-refractivity contribution in [1.29, 1.82) is 0 Å². The van der Waals surface area contributed by atoms with E-state index in [-0.39, 0.29) is 19.4 Å². The summed E-state index contributed by atoms with van der Waals surface area (Å²) in [6.07, 6.45) is 0.979. The molecule has 0 aliphatic carbocycles. The van der Waals surface area contributed by atoms with Crippen LogP contribution in [0.5, 0.6) is 0 Å². The first-order valence-electron chi connectivity index (χ1n) is 4.17.